The summed E-state index contributed by atoms with van der Waals surface area (Å²) in [6.07, 6.45) is 8.95. The second-order valence-corrected chi connectivity index (χ2v) is 3.95. The third-order valence-corrected chi connectivity index (χ3v) is 2.65. The van der Waals surface area contributed by atoms with Crippen molar-refractivity contribution in [3.63, 3.8) is 0 Å². The molecular formula is C14H21N3O. The average Bonchev–Trinajstić information content (AvgIpc) is 2.41. The highest BCUT2D eigenvalue weighted by atomic mass is 16.2. The van der Waals surface area contributed by atoms with E-state index in [0.29, 0.717) is 13.1 Å². The first-order valence-corrected chi connectivity index (χ1v) is 6.37. The fourth-order valence-corrected chi connectivity index (χ4v) is 1.56. The molecule has 4 heteroatoms. The summed E-state index contributed by atoms with van der Waals surface area (Å²) in [6.45, 7) is 5.43. The van der Waals surface area contributed by atoms with Crippen molar-refractivity contribution in [2.75, 3.05) is 13.1 Å². The molecule has 0 saturated heterocycles. The molecule has 1 aromatic heterocycles. The summed E-state index contributed by atoms with van der Waals surface area (Å²) < 4.78 is 0. The van der Waals surface area contributed by atoms with E-state index in [2.05, 4.69) is 10.3 Å². The Bertz CT molecular complexity index is 376. The predicted molar refractivity (Wildman–Crippen MR) is 73.2 cm³/mol. The molecular weight excluding hydrogens is 226 g/mol. The van der Waals surface area contributed by atoms with Crippen molar-refractivity contribution in [1.29, 1.82) is 0 Å². The van der Waals surface area contributed by atoms with Crippen molar-refractivity contribution in [2.45, 2.75) is 26.7 Å². The lowest BCUT2D eigenvalue weighted by molar-refractivity contribution is 0.205. The van der Waals surface area contributed by atoms with Gasteiger partial charge in [-0.1, -0.05) is 13.0 Å². The summed E-state index contributed by atoms with van der Waals surface area (Å²) in [6, 6.07) is 3.90. The molecule has 1 heterocycles. The highest BCUT2D eigenvalue weighted by Gasteiger charge is 2.09. The molecule has 0 fully saturated rings. The highest BCUT2D eigenvalue weighted by Crippen LogP contribution is 2.00. The Morgan fingerprint density at radius 2 is 2.11 bits per heavy atom. The number of likely N-dealkylation sites (N-methyl/N-ethyl adjacent to an activating group) is 1. The molecule has 1 aromatic rings. The van der Waals surface area contributed by atoms with E-state index in [-0.39, 0.29) is 6.03 Å². The van der Waals surface area contributed by atoms with Gasteiger partial charge in [0.05, 0.1) is 0 Å². The molecule has 0 aliphatic heterocycles. The zero-order valence-corrected chi connectivity index (χ0v) is 11.1. The summed E-state index contributed by atoms with van der Waals surface area (Å²) in [5.41, 5.74) is 1.19. The second kappa shape index (κ2) is 8.28. The van der Waals surface area contributed by atoms with Crippen LogP contribution >= 0.6 is 0 Å². The third kappa shape index (κ3) is 4.99. The molecule has 0 aliphatic carbocycles. The lowest BCUT2D eigenvalue weighted by atomic mass is 10.2. The topological polar surface area (TPSA) is 45.2 Å². The quantitative estimate of drug-likeness (QED) is 0.839. The summed E-state index contributed by atoms with van der Waals surface area (Å²) >= 11 is 0. The molecule has 0 saturated carbocycles. The van der Waals surface area contributed by atoms with Crippen LogP contribution in [0.25, 0.3) is 0 Å². The minimum Gasteiger partial charge on any atom is -0.324 e. The van der Waals surface area contributed by atoms with Crippen molar-refractivity contribution >= 4 is 6.03 Å². The van der Waals surface area contributed by atoms with Gasteiger partial charge in [-0.3, -0.25) is 4.98 Å². The van der Waals surface area contributed by atoms with E-state index < -0.39 is 0 Å². The Hall–Kier alpha value is -1.84. The molecule has 2 amide bonds. The number of nitrogens with zero attached hydrogens (tertiary/aromatic N) is 2. The van der Waals surface area contributed by atoms with Crippen LogP contribution < -0.4 is 5.32 Å². The maximum atomic E-state index is 11.8. The minimum atomic E-state index is -0.0451. The molecule has 0 bridgehead atoms. The van der Waals surface area contributed by atoms with E-state index in [0.717, 1.165) is 12.8 Å². The molecule has 0 spiro atoms. The molecule has 18 heavy (non-hydrogen) atoms. The molecule has 0 aliphatic rings. The molecule has 4 nitrogen and oxygen atoms in total. The number of amides is 2. The van der Waals surface area contributed by atoms with Crippen LogP contribution in [-0.4, -0.2) is 29.0 Å². The van der Waals surface area contributed by atoms with Gasteiger partial charge in [-0.2, -0.15) is 0 Å². The van der Waals surface area contributed by atoms with Crippen LogP contribution in [0.15, 0.2) is 36.8 Å². The zero-order valence-electron chi connectivity index (χ0n) is 11.1. The summed E-state index contributed by atoms with van der Waals surface area (Å²) in [4.78, 5) is 17.6. The van der Waals surface area contributed by atoms with Crippen molar-refractivity contribution in [3.05, 3.63) is 42.4 Å². The second-order valence-electron chi connectivity index (χ2n) is 3.95. The average molecular weight is 247 g/mol. The zero-order chi connectivity index (χ0) is 13.2. The Morgan fingerprint density at radius 3 is 2.72 bits per heavy atom. The van der Waals surface area contributed by atoms with Gasteiger partial charge >= 0.3 is 6.03 Å². The first kappa shape index (κ1) is 14.2. The van der Waals surface area contributed by atoms with E-state index in [4.69, 9.17) is 0 Å². The van der Waals surface area contributed by atoms with Gasteiger partial charge in [-0.25, -0.2) is 4.79 Å². The van der Waals surface area contributed by atoms with Crippen molar-refractivity contribution in [2.24, 2.45) is 0 Å². The molecule has 1 N–H and O–H groups in total. The van der Waals surface area contributed by atoms with Crippen LogP contribution in [-0.2, 0) is 6.42 Å². The number of pyridine rings is 1. The number of rotatable bonds is 6. The number of aromatic nitrogens is 1. The molecule has 0 atom stereocenters. The Balaban J connectivity index is 2.42. The SMILES string of the molecule is CC/C=C/NC(=O)N(CC)CCc1ccncc1. The van der Waals surface area contributed by atoms with Gasteiger partial charge in [0.25, 0.3) is 0 Å². The molecule has 1 rings (SSSR count). The van der Waals surface area contributed by atoms with Crippen LogP contribution in [0, 0.1) is 0 Å². The van der Waals surface area contributed by atoms with Crippen LogP contribution in [0.2, 0.25) is 0 Å². The summed E-state index contributed by atoms with van der Waals surface area (Å²) in [5, 5.41) is 2.76. The van der Waals surface area contributed by atoms with Gasteiger partial charge in [-0.05, 0) is 37.5 Å². The number of allylic oxidation sites excluding steroid dienone is 1. The predicted octanol–water partition coefficient (Wildman–Crippen LogP) is 2.58. The van der Waals surface area contributed by atoms with Crippen molar-refractivity contribution < 1.29 is 4.79 Å². The van der Waals surface area contributed by atoms with Gasteiger partial charge in [0.1, 0.15) is 0 Å². The number of hydrogen-bond acceptors (Lipinski definition) is 2. The maximum Gasteiger partial charge on any atom is 0.321 e. The largest absolute Gasteiger partial charge is 0.324 e. The van der Waals surface area contributed by atoms with Gasteiger partial charge in [0.15, 0.2) is 0 Å². The number of hydrogen-bond donors (Lipinski definition) is 1. The summed E-state index contributed by atoms with van der Waals surface area (Å²) in [7, 11) is 0. The number of carbonyl (C=O) groups is 1. The van der Waals surface area contributed by atoms with Gasteiger partial charge in [0.2, 0.25) is 0 Å². The number of nitrogens with one attached hydrogen (secondary N) is 1. The van der Waals surface area contributed by atoms with Crippen LogP contribution in [0.4, 0.5) is 4.79 Å². The van der Waals surface area contributed by atoms with E-state index in [1.807, 2.05) is 32.1 Å². The van der Waals surface area contributed by atoms with Gasteiger partial charge in [0, 0.05) is 31.7 Å². The molecule has 0 aromatic carbocycles. The van der Waals surface area contributed by atoms with Crippen molar-refractivity contribution in [1.82, 2.24) is 15.2 Å². The first-order chi connectivity index (χ1) is 8.77. The minimum absolute atomic E-state index is 0.0451. The van der Waals surface area contributed by atoms with E-state index in [1.165, 1.54) is 5.56 Å². The molecule has 0 unspecified atom stereocenters. The monoisotopic (exact) mass is 247 g/mol. The molecule has 98 valence electrons. The lowest BCUT2D eigenvalue weighted by Gasteiger charge is -2.20. The number of carbonyl (C=O) groups excluding carboxylic acids is 1. The smallest absolute Gasteiger partial charge is 0.321 e. The molecule has 0 radical (unpaired) electrons. The van der Waals surface area contributed by atoms with Crippen LogP contribution in [0.1, 0.15) is 25.8 Å². The highest BCUT2D eigenvalue weighted by molar-refractivity contribution is 5.75. The first-order valence-electron chi connectivity index (χ1n) is 6.37. The Morgan fingerprint density at radius 1 is 1.39 bits per heavy atom. The van der Waals surface area contributed by atoms with Gasteiger partial charge < -0.3 is 10.2 Å². The maximum absolute atomic E-state index is 11.8. The van der Waals surface area contributed by atoms with Crippen LogP contribution in [0.3, 0.4) is 0 Å². The number of urea groups is 1. The van der Waals surface area contributed by atoms with E-state index in [9.17, 15) is 4.79 Å². The Kier molecular flexibility index (Phi) is 6.54. The Labute approximate surface area is 109 Å². The fraction of sp³-hybridized carbons (Fsp3) is 0.429. The standard InChI is InChI=1S/C14H21N3O/c1-3-5-9-16-14(18)17(4-2)12-8-13-6-10-15-11-7-13/h5-7,9-11H,3-4,8,12H2,1-2H3,(H,16,18)/b9-5+. The summed E-state index contributed by atoms with van der Waals surface area (Å²) in [5.74, 6) is 0. The van der Waals surface area contributed by atoms with Crippen molar-refractivity contribution in [3.8, 4) is 0 Å². The fourth-order valence-electron chi connectivity index (χ4n) is 1.56. The van der Waals surface area contributed by atoms with E-state index >= 15 is 0 Å². The lowest BCUT2D eigenvalue weighted by Crippen LogP contribution is -2.38. The third-order valence-electron chi connectivity index (χ3n) is 2.65. The normalized spacial score (nSPS) is 10.6. The van der Waals surface area contributed by atoms with E-state index in [1.54, 1.807) is 23.5 Å². The van der Waals surface area contributed by atoms with Crippen LogP contribution in [0.5, 0.6) is 0 Å². The van der Waals surface area contributed by atoms with Gasteiger partial charge in [-0.15, -0.1) is 0 Å².